The Morgan fingerprint density at radius 1 is 1.30 bits per heavy atom. The second kappa shape index (κ2) is 4.38. The molecule has 1 aliphatic carbocycles. The molecule has 0 bridgehead atoms. The number of furan rings is 1. The lowest BCUT2D eigenvalue weighted by atomic mass is 10.2. The number of anilines is 1. The number of hydrogen-bond donors (Lipinski definition) is 1. The number of rotatable bonds is 4. The van der Waals surface area contributed by atoms with Gasteiger partial charge in [0.15, 0.2) is 11.4 Å². The molecular formula is C15H15N3OS. The second-order valence-corrected chi connectivity index (χ2v) is 6.51. The third kappa shape index (κ3) is 1.85. The van der Waals surface area contributed by atoms with Gasteiger partial charge in [-0.25, -0.2) is 9.97 Å². The largest absolute Gasteiger partial charge is 0.450 e. The van der Waals surface area contributed by atoms with Crippen LogP contribution in [0.3, 0.4) is 0 Å². The minimum absolute atomic E-state index is 0.392. The van der Waals surface area contributed by atoms with Crippen molar-refractivity contribution in [2.45, 2.75) is 17.6 Å². The van der Waals surface area contributed by atoms with E-state index in [2.05, 4.69) is 21.5 Å². The standard InChI is InChI=1S/C15H15N3OS/c1-20-15(6-7-15)8-16-14-13-12(17-9-18-14)10-4-2-3-5-11(10)19-13/h2-5,9H,6-8H2,1H3,(H,16,17,18). The highest BCUT2D eigenvalue weighted by Crippen LogP contribution is 2.47. The number of aromatic nitrogens is 2. The van der Waals surface area contributed by atoms with E-state index in [0.717, 1.165) is 34.4 Å². The van der Waals surface area contributed by atoms with Crippen molar-refractivity contribution in [2.75, 3.05) is 18.1 Å². The summed E-state index contributed by atoms with van der Waals surface area (Å²) in [5, 5.41) is 4.48. The molecule has 1 N–H and O–H groups in total. The zero-order valence-corrected chi connectivity index (χ0v) is 12.0. The maximum atomic E-state index is 5.91. The summed E-state index contributed by atoms with van der Waals surface area (Å²) in [6.07, 6.45) is 6.32. The summed E-state index contributed by atoms with van der Waals surface area (Å²) in [4.78, 5) is 8.70. The lowest BCUT2D eigenvalue weighted by molar-refractivity contribution is 0.666. The Bertz CT molecular complexity index is 779. The van der Waals surface area contributed by atoms with Gasteiger partial charge in [-0.1, -0.05) is 12.1 Å². The molecule has 4 nitrogen and oxygen atoms in total. The summed E-state index contributed by atoms with van der Waals surface area (Å²) in [6.45, 7) is 0.928. The van der Waals surface area contributed by atoms with E-state index in [9.17, 15) is 0 Å². The molecule has 0 spiro atoms. The van der Waals surface area contributed by atoms with Gasteiger partial charge in [-0.2, -0.15) is 11.8 Å². The van der Waals surface area contributed by atoms with Crippen LogP contribution in [0.1, 0.15) is 12.8 Å². The minimum atomic E-state index is 0.392. The number of benzene rings is 1. The fourth-order valence-electron chi connectivity index (χ4n) is 2.49. The molecule has 4 rings (SSSR count). The smallest absolute Gasteiger partial charge is 0.196 e. The van der Waals surface area contributed by atoms with Crippen LogP contribution in [0.2, 0.25) is 0 Å². The van der Waals surface area contributed by atoms with E-state index >= 15 is 0 Å². The topological polar surface area (TPSA) is 51.0 Å². The highest BCUT2D eigenvalue weighted by Gasteiger charge is 2.41. The van der Waals surface area contributed by atoms with Crippen molar-refractivity contribution >= 4 is 39.6 Å². The van der Waals surface area contributed by atoms with Gasteiger partial charge in [-0.05, 0) is 31.2 Å². The first-order valence-electron chi connectivity index (χ1n) is 6.73. The molecule has 102 valence electrons. The lowest BCUT2D eigenvalue weighted by Crippen LogP contribution is -2.18. The predicted octanol–water partition coefficient (Wildman–Crippen LogP) is 3.68. The summed E-state index contributed by atoms with van der Waals surface area (Å²) in [7, 11) is 0. The van der Waals surface area contributed by atoms with E-state index in [1.54, 1.807) is 6.33 Å². The van der Waals surface area contributed by atoms with E-state index in [1.165, 1.54) is 12.8 Å². The highest BCUT2D eigenvalue weighted by molar-refractivity contribution is 8.00. The summed E-state index contributed by atoms with van der Waals surface area (Å²) >= 11 is 1.93. The summed E-state index contributed by atoms with van der Waals surface area (Å²) < 4.78 is 6.30. The van der Waals surface area contributed by atoms with E-state index in [4.69, 9.17) is 4.42 Å². The molecule has 0 saturated heterocycles. The van der Waals surface area contributed by atoms with Crippen LogP contribution in [-0.4, -0.2) is 27.5 Å². The zero-order chi connectivity index (χ0) is 13.6. The molecule has 1 fully saturated rings. The predicted molar refractivity (Wildman–Crippen MR) is 83.3 cm³/mol. The van der Waals surface area contributed by atoms with E-state index < -0.39 is 0 Å². The fourth-order valence-corrected chi connectivity index (χ4v) is 3.21. The second-order valence-electron chi connectivity index (χ2n) is 5.24. The average Bonchev–Trinajstić information content (AvgIpc) is 3.18. The maximum Gasteiger partial charge on any atom is 0.196 e. The Morgan fingerprint density at radius 2 is 2.15 bits per heavy atom. The Morgan fingerprint density at radius 3 is 2.95 bits per heavy atom. The SMILES string of the molecule is CSC1(CNc2ncnc3c2oc2ccccc23)CC1. The van der Waals surface area contributed by atoms with Crippen molar-refractivity contribution in [3.05, 3.63) is 30.6 Å². The van der Waals surface area contributed by atoms with E-state index in [-0.39, 0.29) is 0 Å². The van der Waals surface area contributed by atoms with E-state index in [1.807, 2.05) is 36.0 Å². The monoisotopic (exact) mass is 285 g/mol. The molecule has 0 atom stereocenters. The Hall–Kier alpha value is -1.75. The number of hydrogen-bond acceptors (Lipinski definition) is 5. The molecular weight excluding hydrogens is 270 g/mol. The van der Waals surface area contributed by atoms with Gasteiger partial charge in [0.25, 0.3) is 0 Å². The molecule has 0 radical (unpaired) electrons. The Kier molecular flexibility index (Phi) is 2.63. The highest BCUT2D eigenvalue weighted by atomic mass is 32.2. The van der Waals surface area contributed by atoms with Crippen LogP contribution in [0.15, 0.2) is 35.0 Å². The van der Waals surface area contributed by atoms with Crippen molar-refractivity contribution in [2.24, 2.45) is 0 Å². The number of para-hydroxylation sites is 1. The van der Waals surface area contributed by atoms with Gasteiger partial charge in [0, 0.05) is 16.7 Å². The van der Waals surface area contributed by atoms with Crippen molar-refractivity contribution in [3.63, 3.8) is 0 Å². The quantitative estimate of drug-likeness (QED) is 0.792. The number of nitrogens with zero attached hydrogens (tertiary/aromatic N) is 2. The molecule has 1 saturated carbocycles. The van der Waals surface area contributed by atoms with E-state index in [0.29, 0.717) is 4.75 Å². The molecule has 5 heteroatoms. The van der Waals surface area contributed by atoms with Crippen LogP contribution in [0.4, 0.5) is 5.82 Å². The van der Waals surface area contributed by atoms with Crippen LogP contribution >= 0.6 is 11.8 Å². The van der Waals surface area contributed by atoms with Gasteiger partial charge in [-0.3, -0.25) is 0 Å². The fraction of sp³-hybridized carbons (Fsp3) is 0.333. The van der Waals surface area contributed by atoms with Crippen LogP contribution in [-0.2, 0) is 0 Å². The molecule has 2 heterocycles. The first-order valence-corrected chi connectivity index (χ1v) is 7.95. The maximum absolute atomic E-state index is 5.91. The number of thioether (sulfide) groups is 1. The average molecular weight is 285 g/mol. The molecule has 0 unspecified atom stereocenters. The molecule has 20 heavy (non-hydrogen) atoms. The van der Waals surface area contributed by atoms with Gasteiger partial charge in [0.2, 0.25) is 0 Å². The summed E-state index contributed by atoms with van der Waals surface area (Å²) in [6, 6.07) is 7.96. The summed E-state index contributed by atoms with van der Waals surface area (Å²) in [5.74, 6) is 0.798. The zero-order valence-electron chi connectivity index (χ0n) is 11.2. The summed E-state index contributed by atoms with van der Waals surface area (Å²) in [5.41, 5.74) is 2.50. The molecule has 3 aromatic rings. The van der Waals surface area contributed by atoms with Crippen molar-refractivity contribution < 1.29 is 4.42 Å². The van der Waals surface area contributed by atoms with Gasteiger partial charge in [0.05, 0.1) is 0 Å². The lowest BCUT2D eigenvalue weighted by Gasteiger charge is -2.13. The number of nitrogens with one attached hydrogen (secondary N) is 1. The van der Waals surface area contributed by atoms with Crippen LogP contribution < -0.4 is 5.32 Å². The first kappa shape index (κ1) is 12.0. The molecule has 2 aromatic heterocycles. The molecule has 0 aliphatic heterocycles. The normalized spacial score (nSPS) is 16.6. The first-order chi connectivity index (χ1) is 9.81. The van der Waals surface area contributed by atoms with Crippen LogP contribution in [0, 0.1) is 0 Å². The van der Waals surface area contributed by atoms with Gasteiger partial charge in [-0.15, -0.1) is 0 Å². The van der Waals surface area contributed by atoms with Crippen molar-refractivity contribution in [3.8, 4) is 0 Å². The third-order valence-corrected chi connectivity index (χ3v) is 5.40. The minimum Gasteiger partial charge on any atom is -0.450 e. The Labute approximate surface area is 121 Å². The van der Waals surface area contributed by atoms with Crippen LogP contribution in [0.25, 0.3) is 22.1 Å². The third-order valence-electron chi connectivity index (χ3n) is 3.98. The molecule has 1 aromatic carbocycles. The molecule has 1 aliphatic rings. The van der Waals surface area contributed by atoms with Gasteiger partial charge >= 0.3 is 0 Å². The van der Waals surface area contributed by atoms with Crippen molar-refractivity contribution in [1.82, 2.24) is 9.97 Å². The van der Waals surface area contributed by atoms with Crippen LogP contribution in [0.5, 0.6) is 0 Å². The Balaban J connectivity index is 1.75. The molecule has 0 amide bonds. The van der Waals surface area contributed by atoms with Gasteiger partial charge in [0.1, 0.15) is 17.4 Å². The van der Waals surface area contributed by atoms with Gasteiger partial charge < -0.3 is 9.73 Å². The number of fused-ring (bicyclic) bond motifs is 3. The van der Waals surface area contributed by atoms with Crippen molar-refractivity contribution in [1.29, 1.82) is 0 Å².